The summed E-state index contributed by atoms with van der Waals surface area (Å²) >= 11 is 0. The zero-order valence-corrected chi connectivity index (χ0v) is 10.7. The number of carbonyl (C=O) groups excluding carboxylic acids is 1. The lowest BCUT2D eigenvalue weighted by molar-refractivity contribution is -0.118. The molecule has 0 saturated heterocycles. The summed E-state index contributed by atoms with van der Waals surface area (Å²) in [5.74, 6) is -0.706. The van der Waals surface area contributed by atoms with E-state index in [1.807, 2.05) is 13.8 Å². The van der Waals surface area contributed by atoms with Gasteiger partial charge < -0.3 is 15.8 Å². The highest BCUT2D eigenvalue weighted by atomic mass is 19.1. The smallest absolute Gasteiger partial charge is 0.220 e. The van der Waals surface area contributed by atoms with Gasteiger partial charge in [0, 0.05) is 18.2 Å². The normalized spacial score (nSPS) is 10.7. The summed E-state index contributed by atoms with van der Waals surface area (Å²) in [4.78, 5) is 10.6. The second kappa shape index (κ2) is 6.96. The molecule has 0 unspecified atom stereocenters. The topological polar surface area (TPSA) is 64.3 Å². The summed E-state index contributed by atoms with van der Waals surface area (Å²) in [6.07, 6.45) is 0.0748. The first-order valence-electron chi connectivity index (χ1n) is 5.92. The number of benzene rings is 1. The van der Waals surface area contributed by atoms with Crippen LogP contribution in [0.25, 0.3) is 0 Å². The van der Waals surface area contributed by atoms with Crippen molar-refractivity contribution in [2.75, 3.05) is 6.61 Å². The molecule has 0 fully saturated rings. The number of hydrogen-bond donors (Lipinski definition) is 2. The number of primary amides is 1. The quantitative estimate of drug-likeness (QED) is 0.776. The van der Waals surface area contributed by atoms with Gasteiger partial charge in [-0.1, -0.05) is 26.0 Å². The van der Waals surface area contributed by atoms with E-state index in [0.717, 1.165) is 5.56 Å². The zero-order valence-electron chi connectivity index (χ0n) is 10.7. The van der Waals surface area contributed by atoms with Gasteiger partial charge in [-0.15, -0.1) is 0 Å². The van der Waals surface area contributed by atoms with E-state index < -0.39 is 11.7 Å². The molecule has 4 nitrogen and oxygen atoms in total. The van der Waals surface area contributed by atoms with Gasteiger partial charge >= 0.3 is 0 Å². The van der Waals surface area contributed by atoms with Crippen molar-refractivity contribution in [3.63, 3.8) is 0 Å². The summed E-state index contributed by atoms with van der Waals surface area (Å²) in [5, 5.41) is 3.19. The first-order chi connectivity index (χ1) is 8.50. The van der Waals surface area contributed by atoms with Crippen molar-refractivity contribution in [1.29, 1.82) is 0 Å². The number of halogens is 1. The molecule has 1 rings (SSSR count). The Hall–Kier alpha value is -1.62. The first-order valence-corrected chi connectivity index (χ1v) is 5.92. The van der Waals surface area contributed by atoms with Crippen molar-refractivity contribution in [2.24, 2.45) is 5.73 Å². The number of nitrogens with one attached hydrogen (secondary N) is 1. The van der Waals surface area contributed by atoms with E-state index in [0.29, 0.717) is 12.6 Å². The average Bonchev–Trinajstić information content (AvgIpc) is 2.28. The maximum Gasteiger partial charge on any atom is 0.220 e. The van der Waals surface area contributed by atoms with Gasteiger partial charge in [-0.2, -0.15) is 0 Å². The van der Waals surface area contributed by atoms with Crippen molar-refractivity contribution in [2.45, 2.75) is 32.9 Å². The van der Waals surface area contributed by atoms with E-state index in [2.05, 4.69) is 5.32 Å². The highest BCUT2D eigenvalue weighted by Gasteiger charge is 2.10. The Bertz CT molecular complexity index is 408. The minimum absolute atomic E-state index is 0.0748. The predicted octanol–water partition coefficient (Wildman–Crippen LogP) is 1.58. The third-order valence-corrected chi connectivity index (χ3v) is 2.34. The Morgan fingerprint density at radius 3 is 2.83 bits per heavy atom. The fourth-order valence-corrected chi connectivity index (χ4v) is 1.42. The molecule has 5 heteroatoms. The molecule has 0 aliphatic heterocycles. The van der Waals surface area contributed by atoms with E-state index in [4.69, 9.17) is 10.5 Å². The van der Waals surface area contributed by atoms with E-state index >= 15 is 0 Å². The third-order valence-electron chi connectivity index (χ3n) is 2.34. The predicted molar refractivity (Wildman–Crippen MR) is 67.7 cm³/mol. The molecule has 0 heterocycles. The van der Waals surface area contributed by atoms with Crippen LogP contribution in [0.3, 0.4) is 0 Å². The lowest BCUT2D eigenvalue weighted by atomic mass is 10.2. The van der Waals surface area contributed by atoms with Crippen LogP contribution < -0.4 is 15.8 Å². The molecular weight excluding hydrogens is 235 g/mol. The molecule has 0 radical (unpaired) electrons. The van der Waals surface area contributed by atoms with Crippen LogP contribution >= 0.6 is 0 Å². The maximum atomic E-state index is 13.6. The number of nitrogens with two attached hydrogens (primary N) is 1. The van der Waals surface area contributed by atoms with Gasteiger partial charge in [0.15, 0.2) is 11.6 Å². The van der Waals surface area contributed by atoms with Gasteiger partial charge in [0.2, 0.25) is 5.91 Å². The summed E-state index contributed by atoms with van der Waals surface area (Å²) in [7, 11) is 0. The summed E-state index contributed by atoms with van der Waals surface area (Å²) in [6.45, 7) is 4.62. The Labute approximate surface area is 106 Å². The zero-order chi connectivity index (χ0) is 13.5. The van der Waals surface area contributed by atoms with Crippen molar-refractivity contribution in [3.8, 4) is 5.75 Å². The van der Waals surface area contributed by atoms with Gasteiger partial charge in [-0.05, 0) is 6.07 Å². The first kappa shape index (κ1) is 14.4. The van der Waals surface area contributed by atoms with Crippen LogP contribution in [0.5, 0.6) is 5.75 Å². The Kier molecular flexibility index (Phi) is 5.58. The molecule has 0 aliphatic carbocycles. The minimum atomic E-state index is -0.465. The highest BCUT2D eigenvalue weighted by Crippen LogP contribution is 2.22. The summed E-state index contributed by atoms with van der Waals surface area (Å²) in [5.41, 5.74) is 5.74. The Balaban J connectivity index is 2.70. The second-order valence-corrected chi connectivity index (χ2v) is 4.33. The molecule has 0 atom stereocenters. The van der Waals surface area contributed by atoms with Crippen LogP contribution in [0.4, 0.5) is 4.39 Å². The molecular formula is C13H19FN2O2. The van der Waals surface area contributed by atoms with Gasteiger partial charge in [0.25, 0.3) is 0 Å². The van der Waals surface area contributed by atoms with Crippen LogP contribution in [-0.4, -0.2) is 18.6 Å². The largest absolute Gasteiger partial charge is 0.490 e. The maximum absolute atomic E-state index is 13.6. The van der Waals surface area contributed by atoms with Crippen LogP contribution in [-0.2, 0) is 11.3 Å². The number of rotatable bonds is 7. The van der Waals surface area contributed by atoms with Crippen molar-refractivity contribution < 1.29 is 13.9 Å². The number of carbonyl (C=O) groups is 1. The second-order valence-electron chi connectivity index (χ2n) is 4.33. The molecule has 0 bridgehead atoms. The van der Waals surface area contributed by atoms with E-state index in [9.17, 15) is 9.18 Å². The molecule has 100 valence electrons. The standard InChI is InChI=1S/C13H19FN2O2/c1-9(2)16-8-10-4-3-5-11(14)13(10)18-7-6-12(15)17/h3-5,9,16H,6-8H2,1-2H3,(H2,15,17). The molecule has 18 heavy (non-hydrogen) atoms. The molecule has 1 amide bonds. The van der Waals surface area contributed by atoms with E-state index in [-0.39, 0.29) is 18.8 Å². The molecule has 0 spiro atoms. The molecule has 0 saturated carbocycles. The van der Waals surface area contributed by atoms with Gasteiger partial charge in [-0.25, -0.2) is 4.39 Å². The van der Waals surface area contributed by atoms with Gasteiger partial charge in [0.05, 0.1) is 13.0 Å². The number of amides is 1. The highest BCUT2D eigenvalue weighted by molar-refractivity contribution is 5.73. The Morgan fingerprint density at radius 1 is 1.50 bits per heavy atom. The lowest BCUT2D eigenvalue weighted by Crippen LogP contribution is -2.22. The fourth-order valence-electron chi connectivity index (χ4n) is 1.42. The number of para-hydroxylation sites is 1. The minimum Gasteiger partial charge on any atom is -0.490 e. The van der Waals surface area contributed by atoms with Crippen LogP contribution in [0.15, 0.2) is 18.2 Å². The third kappa shape index (κ3) is 4.71. The van der Waals surface area contributed by atoms with Gasteiger partial charge in [-0.3, -0.25) is 4.79 Å². The summed E-state index contributed by atoms with van der Waals surface area (Å²) in [6, 6.07) is 5.05. The SMILES string of the molecule is CC(C)NCc1cccc(F)c1OCCC(N)=O. The monoisotopic (exact) mass is 254 g/mol. The van der Waals surface area contributed by atoms with Crippen LogP contribution in [0.2, 0.25) is 0 Å². The number of hydrogen-bond acceptors (Lipinski definition) is 3. The van der Waals surface area contributed by atoms with Crippen molar-refractivity contribution in [3.05, 3.63) is 29.6 Å². The molecule has 3 N–H and O–H groups in total. The molecule has 0 aliphatic rings. The molecule has 1 aromatic carbocycles. The van der Waals surface area contributed by atoms with Crippen molar-refractivity contribution >= 4 is 5.91 Å². The number of ether oxygens (including phenoxy) is 1. The van der Waals surface area contributed by atoms with Gasteiger partial charge in [0.1, 0.15) is 0 Å². The fraction of sp³-hybridized carbons (Fsp3) is 0.462. The van der Waals surface area contributed by atoms with E-state index in [1.54, 1.807) is 12.1 Å². The van der Waals surface area contributed by atoms with Crippen molar-refractivity contribution in [1.82, 2.24) is 5.32 Å². The molecule has 1 aromatic rings. The summed E-state index contributed by atoms with van der Waals surface area (Å²) < 4.78 is 18.9. The van der Waals surface area contributed by atoms with E-state index in [1.165, 1.54) is 6.07 Å². The molecule has 0 aromatic heterocycles. The van der Waals surface area contributed by atoms with Crippen LogP contribution in [0.1, 0.15) is 25.8 Å². The average molecular weight is 254 g/mol. The van der Waals surface area contributed by atoms with Crippen LogP contribution in [0, 0.1) is 5.82 Å². The lowest BCUT2D eigenvalue weighted by Gasteiger charge is -2.14. The Morgan fingerprint density at radius 2 is 2.22 bits per heavy atom.